The lowest BCUT2D eigenvalue weighted by molar-refractivity contribution is -0.904. The molecule has 1 aromatic heterocycles. The number of likely N-dealkylation sites (N-methyl/N-ethyl adjacent to an activating group) is 1. The largest absolute Gasteiger partial charge is 0.496 e. The van der Waals surface area contributed by atoms with Gasteiger partial charge >= 0.3 is 5.63 Å². The third-order valence-electron chi connectivity index (χ3n) is 4.95. The van der Waals surface area contributed by atoms with Gasteiger partial charge < -0.3 is 23.7 Å². The van der Waals surface area contributed by atoms with Gasteiger partial charge in [-0.15, -0.1) is 0 Å². The fourth-order valence-electron chi connectivity index (χ4n) is 2.68. The van der Waals surface area contributed by atoms with Gasteiger partial charge in [-0.3, -0.25) is 0 Å². The Labute approximate surface area is 159 Å². The van der Waals surface area contributed by atoms with Crippen LogP contribution in [0.1, 0.15) is 19.4 Å². The summed E-state index contributed by atoms with van der Waals surface area (Å²) < 4.78 is 17.0. The van der Waals surface area contributed by atoms with Gasteiger partial charge in [-0.2, -0.15) is 0 Å². The molecule has 0 saturated heterocycles. The molecule has 1 N–H and O–H groups in total. The van der Waals surface area contributed by atoms with Crippen molar-refractivity contribution in [2.24, 2.45) is 0 Å². The standard InChI is InChI=1S/C19H26N2O4S/c1-6-21(3,7-2)9-8-20-18(26)15-12-14-16(24-5)10-13(23-4)11-17(14)25-19(15)22/h10-12H,6-9H2,1-5H3/p+1. The SMILES string of the molecule is CC[N+](C)(CC)CCNC(=S)c1cc2c(OC)cc(OC)cc2oc1=O. The Morgan fingerprint density at radius 1 is 1.19 bits per heavy atom. The highest BCUT2D eigenvalue weighted by molar-refractivity contribution is 7.80. The molecule has 0 bridgehead atoms. The van der Waals surface area contributed by atoms with Crippen LogP contribution in [0, 0.1) is 0 Å². The molecule has 2 aromatic rings. The number of fused-ring (bicyclic) bond motifs is 1. The highest BCUT2D eigenvalue weighted by atomic mass is 32.1. The summed E-state index contributed by atoms with van der Waals surface area (Å²) in [6.07, 6.45) is 0. The predicted octanol–water partition coefficient (Wildman–Crippen LogP) is 2.56. The van der Waals surface area contributed by atoms with Crippen molar-refractivity contribution in [3.8, 4) is 11.5 Å². The van der Waals surface area contributed by atoms with Gasteiger partial charge in [0.05, 0.1) is 58.4 Å². The van der Waals surface area contributed by atoms with Crippen molar-refractivity contribution in [1.82, 2.24) is 5.32 Å². The molecule has 0 amide bonds. The van der Waals surface area contributed by atoms with E-state index in [0.717, 1.165) is 24.1 Å². The van der Waals surface area contributed by atoms with Gasteiger partial charge in [0.25, 0.3) is 0 Å². The number of rotatable bonds is 8. The van der Waals surface area contributed by atoms with E-state index in [9.17, 15) is 4.79 Å². The van der Waals surface area contributed by atoms with Crippen LogP contribution in [0.2, 0.25) is 0 Å². The number of thiocarbonyl (C=S) groups is 1. The quantitative estimate of drug-likeness (QED) is 0.432. The monoisotopic (exact) mass is 379 g/mol. The van der Waals surface area contributed by atoms with Gasteiger partial charge in [0.1, 0.15) is 22.1 Å². The molecule has 0 aliphatic rings. The number of methoxy groups -OCH3 is 2. The molecule has 0 fully saturated rings. The summed E-state index contributed by atoms with van der Waals surface area (Å²) in [4.78, 5) is 12.8. The summed E-state index contributed by atoms with van der Waals surface area (Å²) in [7, 11) is 5.31. The molecular formula is C19H27N2O4S+. The van der Waals surface area contributed by atoms with Crippen molar-refractivity contribution in [2.45, 2.75) is 13.8 Å². The Morgan fingerprint density at radius 3 is 2.46 bits per heavy atom. The number of hydrogen-bond donors (Lipinski definition) is 1. The molecule has 0 spiro atoms. The molecule has 7 heteroatoms. The molecule has 0 saturated carbocycles. The van der Waals surface area contributed by atoms with Gasteiger partial charge in [0.2, 0.25) is 0 Å². The van der Waals surface area contributed by atoms with Crippen molar-refractivity contribution in [3.63, 3.8) is 0 Å². The molecule has 0 aliphatic heterocycles. The first kappa shape index (κ1) is 20.2. The van der Waals surface area contributed by atoms with E-state index in [1.165, 1.54) is 0 Å². The van der Waals surface area contributed by atoms with Crippen molar-refractivity contribution in [3.05, 3.63) is 34.2 Å². The first-order chi connectivity index (χ1) is 12.4. The van der Waals surface area contributed by atoms with E-state index in [4.69, 9.17) is 26.1 Å². The molecule has 142 valence electrons. The van der Waals surface area contributed by atoms with Crippen molar-refractivity contribution < 1.29 is 18.4 Å². The van der Waals surface area contributed by atoms with Crippen molar-refractivity contribution in [2.75, 3.05) is 47.4 Å². The first-order valence-corrected chi connectivity index (χ1v) is 9.10. The molecular weight excluding hydrogens is 352 g/mol. The second-order valence-electron chi connectivity index (χ2n) is 6.42. The van der Waals surface area contributed by atoms with E-state index in [1.54, 1.807) is 32.4 Å². The summed E-state index contributed by atoms with van der Waals surface area (Å²) in [6, 6.07) is 5.11. The Bertz CT molecular complexity index is 843. The minimum Gasteiger partial charge on any atom is -0.496 e. The van der Waals surface area contributed by atoms with Gasteiger partial charge in [-0.1, -0.05) is 12.2 Å². The number of hydrogen-bond acceptors (Lipinski definition) is 5. The second-order valence-corrected chi connectivity index (χ2v) is 6.83. The predicted molar refractivity (Wildman–Crippen MR) is 107 cm³/mol. The van der Waals surface area contributed by atoms with Crippen LogP contribution in [-0.2, 0) is 0 Å². The van der Waals surface area contributed by atoms with Crippen molar-refractivity contribution >= 4 is 28.2 Å². The summed E-state index contributed by atoms with van der Waals surface area (Å²) in [5, 5.41) is 3.85. The van der Waals surface area contributed by atoms with Crippen LogP contribution in [0.15, 0.2) is 27.4 Å². The van der Waals surface area contributed by atoms with Gasteiger partial charge in [0.15, 0.2) is 0 Å². The molecule has 0 unspecified atom stereocenters. The average molecular weight is 380 g/mol. The summed E-state index contributed by atoms with van der Waals surface area (Å²) in [5.41, 5.74) is 0.255. The van der Waals surface area contributed by atoms with E-state index >= 15 is 0 Å². The Kier molecular flexibility index (Phi) is 6.61. The molecule has 0 radical (unpaired) electrons. The maximum absolute atomic E-state index is 12.4. The van der Waals surface area contributed by atoms with Crippen LogP contribution in [0.5, 0.6) is 11.5 Å². The van der Waals surface area contributed by atoms with Crippen molar-refractivity contribution in [1.29, 1.82) is 0 Å². The van der Waals surface area contributed by atoms with E-state index in [1.807, 2.05) is 0 Å². The Morgan fingerprint density at radius 2 is 1.88 bits per heavy atom. The molecule has 0 aliphatic carbocycles. The zero-order chi connectivity index (χ0) is 19.3. The van der Waals surface area contributed by atoms with Crippen LogP contribution in [0.3, 0.4) is 0 Å². The number of quaternary nitrogens is 1. The maximum Gasteiger partial charge on any atom is 0.346 e. The highest BCUT2D eigenvalue weighted by Gasteiger charge is 2.18. The van der Waals surface area contributed by atoms with Crippen LogP contribution >= 0.6 is 12.2 Å². The number of ether oxygens (including phenoxy) is 2. The van der Waals surface area contributed by atoms with E-state index < -0.39 is 5.63 Å². The molecule has 1 heterocycles. The lowest BCUT2D eigenvalue weighted by atomic mass is 10.1. The van der Waals surface area contributed by atoms with Crippen LogP contribution < -0.4 is 20.4 Å². The van der Waals surface area contributed by atoms with E-state index in [0.29, 0.717) is 39.6 Å². The summed E-state index contributed by atoms with van der Waals surface area (Å²) in [5.74, 6) is 1.12. The minimum absolute atomic E-state index is 0.332. The lowest BCUT2D eigenvalue weighted by Gasteiger charge is -2.32. The Balaban J connectivity index is 2.27. The average Bonchev–Trinajstić information content (AvgIpc) is 2.65. The zero-order valence-corrected chi connectivity index (χ0v) is 16.9. The number of benzene rings is 1. The zero-order valence-electron chi connectivity index (χ0n) is 16.0. The normalized spacial score (nSPS) is 11.4. The third kappa shape index (κ3) is 4.34. The highest BCUT2D eigenvalue weighted by Crippen LogP contribution is 2.30. The fourth-order valence-corrected chi connectivity index (χ4v) is 2.93. The van der Waals surface area contributed by atoms with Crippen LogP contribution in [0.4, 0.5) is 0 Å². The lowest BCUT2D eigenvalue weighted by Crippen LogP contribution is -2.48. The minimum atomic E-state index is -0.478. The number of nitrogens with one attached hydrogen (secondary N) is 1. The van der Waals surface area contributed by atoms with Crippen LogP contribution in [0.25, 0.3) is 11.0 Å². The molecule has 1 aromatic carbocycles. The maximum atomic E-state index is 12.4. The van der Waals surface area contributed by atoms with Gasteiger partial charge in [0, 0.05) is 12.1 Å². The van der Waals surface area contributed by atoms with Crippen LogP contribution in [-0.4, -0.2) is 56.9 Å². The van der Waals surface area contributed by atoms with E-state index in [2.05, 4.69) is 26.2 Å². The van der Waals surface area contributed by atoms with Gasteiger partial charge in [-0.05, 0) is 19.9 Å². The molecule has 0 atom stereocenters. The molecule has 26 heavy (non-hydrogen) atoms. The van der Waals surface area contributed by atoms with E-state index in [-0.39, 0.29) is 0 Å². The summed E-state index contributed by atoms with van der Waals surface area (Å²) in [6.45, 7) is 8.03. The summed E-state index contributed by atoms with van der Waals surface area (Å²) >= 11 is 5.42. The smallest absolute Gasteiger partial charge is 0.346 e. The number of nitrogens with zero attached hydrogens (tertiary/aromatic N) is 1. The Hall–Kier alpha value is -2.12. The third-order valence-corrected chi connectivity index (χ3v) is 5.32. The second kappa shape index (κ2) is 8.51. The first-order valence-electron chi connectivity index (χ1n) is 8.69. The topological polar surface area (TPSA) is 60.7 Å². The molecule has 2 rings (SSSR count). The molecule has 6 nitrogen and oxygen atoms in total. The van der Waals surface area contributed by atoms with Gasteiger partial charge in [-0.25, -0.2) is 4.79 Å². The fraction of sp³-hybridized carbons (Fsp3) is 0.474.